The van der Waals surface area contributed by atoms with Crippen LogP contribution in [0.1, 0.15) is 32.2 Å². The van der Waals surface area contributed by atoms with Gasteiger partial charge in [-0.1, -0.05) is 0 Å². The molecule has 8 bridgehead atoms. The number of Topliss-reactive ketones (excluding diaryl/α,β-unsaturated/α-hetero) is 1. The number of nitrogens with one attached hydrogen (secondary N) is 2. The van der Waals surface area contributed by atoms with Crippen molar-refractivity contribution >= 4 is 29.4 Å². The lowest BCUT2D eigenvalue weighted by atomic mass is 9.79. The number of hydrogen-bond acceptors (Lipinski definition) is 7. The third-order valence-electron chi connectivity index (χ3n) is 7.97. The fraction of sp³-hybridized carbons (Fsp3) is 0.212. The van der Waals surface area contributed by atoms with Gasteiger partial charge in [0.1, 0.15) is 11.1 Å². The number of aromatic nitrogens is 4. The van der Waals surface area contributed by atoms with Crippen LogP contribution in [0.5, 0.6) is 0 Å². The number of rotatable bonds is 2. The SMILES string of the molecule is Cc1cc(-c2nccc(C34C=CC(=N3)C=c3ccc([nH]3)=CC3=NC(=CC5(C)NC(=C4)C(C)(C)C5=O)C=C3)n2)ccn1. The zero-order chi connectivity index (χ0) is 28.4. The topological polar surface area (TPSA) is 108 Å². The Balaban J connectivity index is 1.46. The molecule has 0 spiro atoms. The first-order chi connectivity index (χ1) is 19.6. The molecule has 2 atom stereocenters. The number of aromatic amines is 1. The highest BCUT2D eigenvalue weighted by Crippen LogP contribution is 2.44. The molecule has 3 aromatic rings. The van der Waals surface area contributed by atoms with Crippen LogP contribution in [0.25, 0.3) is 23.5 Å². The number of fused-ring (bicyclic) bond motifs is 6. The Bertz CT molecular complexity index is 1950. The van der Waals surface area contributed by atoms with Gasteiger partial charge in [-0.3, -0.25) is 14.8 Å². The summed E-state index contributed by atoms with van der Waals surface area (Å²) in [5.74, 6) is 0.649. The predicted molar refractivity (Wildman–Crippen MR) is 160 cm³/mol. The number of allylic oxidation sites excluding steroid dienone is 4. The highest BCUT2D eigenvalue weighted by molar-refractivity contribution is 6.20. The first-order valence-corrected chi connectivity index (χ1v) is 13.6. The number of aliphatic imine (C=N–C) groups is 2. The van der Waals surface area contributed by atoms with Crippen LogP contribution in [0.3, 0.4) is 0 Å². The average Bonchev–Trinajstić information content (AvgIpc) is 3.71. The predicted octanol–water partition coefficient (Wildman–Crippen LogP) is 3.39. The van der Waals surface area contributed by atoms with Gasteiger partial charge in [-0.2, -0.15) is 0 Å². The molecule has 0 aliphatic carbocycles. The molecular weight excluding hydrogens is 510 g/mol. The lowest BCUT2D eigenvalue weighted by molar-refractivity contribution is -0.126. The smallest absolute Gasteiger partial charge is 0.173 e. The van der Waals surface area contributed by atoms with Crippen LogP contribution in [-0.2, 0) is 10.3 Å². The summed E-state index contributed by atoms with van der Waals surface area (Å²) in [5.41, 5.74) is 2.90. The van der Waals surface area contributed by atoms with Crippen LogP contribution in [0, 0.1) is 12.3 Å². The largest absolute Gasteiger partial charge is 0.373 e. The monoisotopic (exact) mass is 539 g/mol. The van der Waals surface area contributed by atoms with Crippen molar-refractivity contribution in [1.29, 1.82) is 0 Å². The molecule has 2 N–H and O–H groups in total. The van der Waals surface area contributed by atoms with Crippen molar-refractivity contribution in [2.24, 2.45) is 15.4 Å². The van der Waals surface area contributed by atoms with Crippen LogP contribution in [0.4, 0.5) is 0 Å². The van der Waals surface area contributed by atoms with Gasteiger partial charge in [0.15, 0.2) is 11.6 Å². The van der Waals surface area contributed by atoms with Gasteiger partial charge in [0, 0.05) is 40.0 Å². The first kappa shape index (κ1) is 25.0. The number of ketones is 1. The minimum Gasteiger partial charge on any atom is -0.373 e. The molecule has 8 nitrogen and oxygen atoms in total. The van der Waals surface area contributed by atoms with E-state index in [1.807, 2.05) is 107 Å². The molecule has 0 saturated carbocycles. The summed E-state index contributed by atoms with van der Waals surface area (Å²) in [6.07, 6.45) is 19.4. The van der Waals surface area contributed by atoms with Gasteiger partial charge >= 0.3 is 0 Å². The van der Waals surface area contributed by atoms with Crippen LogP contribution < -0.4 is 16.0 Å². The summed E-state index contributed by atoms with van der Waals surface area (Å²) in [5, 5.41) is 5.41. The van der Waals surface area contributed by atoms with Crippen molar-refractivity contribution in [3.8, 4) is 11.4 Å². The molecule has 202 valence electrons. The number of carbonyl (C=O) groups excluding carboxylic acids is 1. The molecule has 2 unspecified atom stereocenters. The molecule has 8 heteroatoms. The molecule has 41 heavy (non-hydrogen) atoms. The Kier molecular flexibility index (Phi) is 5.35. The zero-order valence-corrected chi connectivity index (χ0v) is 23.3. The van der Waals surface area contributed by atoms with Crippen molar-refractivity contribution in [1.82, 2.24) is 25.3 Å². The van der Waals surface area contributed by atoms with E-state index in [2.05, 4.69) is 20.3 Å². The highest BCUT2D eigenvalue weighted by atomic mass is 16.1. The number of carbonyl (C=O) groups is 1. The summed E-state index contributed by atoms with van der Waals surface area (Å²) >= 11 is 0. The maximum Gasteiger partial charge on any atom is 0.173 e. The van der Waals surface area contributed by atoms with Gasteiger partial charge in [-0.15, -0.1) is 0 Å². The third-order valence-corrected chi connectivity index (χ3v) is 7.97. The number of H-pyrrole nitrogens is 1. The summed E-state index contributed by atoms with van der Waals surface area (Å²) in [6.45, 7) is 7.75. The van der Waals surface area contributed by atoms with E-state index >= 15 is 0 Å². The lowest BCUT2D eigenvalue weighted by Gasteiger charge is -2.25. The molecule has 7 heterocycles. The van der Waals surface area contributed by atoms with E-state index in [1.165, 1.54) is 0 Å². The molecule has 1 fully saturated rings. The molecule has 4 aliphatic rings. The van der Waals surface area contributed by atoms with Gasteiger partial charge in [-0.25, -0.2) is 15.0 Å². The van der Waals surface area contributed by atoms with E-state index in [1.54, 1.807) is 12.4 Å². The van der Waals surface area contributed by atoms with Gasteiger partial charge < -0.3 is 10.3 Å². The summed E-state index contributed by atoms with van der Waals surface area (Å²) in [6, 6.07) is 9.79. The molecule has 3 aromatic heterocycles. The van der Waals surface area contributed by atoms with Gasteiger partial charge in [0.25, 0.3) is 0 Å². The van der Waals surface area contributed by atoms with Gasteiger partial charge in [-0.05, 0) is 107 Å². The number of aryl methyl sites for hydroxylation is 1. The van der Waals surface area contributed by atoms with Gasteiger partial charge in [0.2, 0.25) is 0 Å². The normalized spacial score (nSPS) is 25.5. The van der Waals surface area contributed by atoms with E-state index in [4.69, 9.17) is 15.0 Å². The maximum absolute atomic E-state index is 13.9. The molecule has 0 aromatic carbocycles. The number of nitrogens with zero attached hydrogens (tertiary/aromatic N) is 5. The van der Waals surface area contributed by atoms with Crippen molar-refractivity contribution in [2.75, 3.05) is 0 Å². The minimum atomic E-state index is -0.957. The van der Waals surface area contributed by atoms with Gasteiger partial charge in [0.05, 0.1) is 28.2 Å². The second-order valence-corrected chi connectivity index (χ2v) is 11.6. The third kappa shape index (κ3) is 4.23. The van der Waals surface area contributed by atoms with Crippen LogP contribution in [-0.4, -0.2) is 42.7 Å². The summed E-state index contributed by atoms with van der Waals surface area (Å²) in [4.78, 5) is 41.2. The first-order valence-electron chi connectivity index (χ1n) is 13.6. The fourth-order valence-corrected chi connectivity index (χ4v) is 5.85. The highest BCUT2D eigenvalue weighted by Gasteiger charge is 2.52. The standard InChI is InChI=1S/C33H29N7O/c1-20-15-21(10-13-34-20)29-35-14-11-27(38-29)33-12-9-25(39-33)17-24-6-5-22(36-24)16-23-7-8-26(37-23)18-32(4)30(41)31(2,3)28(19-33)40-32/h5-19,36,40H,1-4H3. The second kappa shape index (κ2) is 8.76. The molecule has 0 amide bonds. The molecular formula is C33H29N7O. The quantitative estimate of drug-likeness (QED) is 0.519. The minimum absolute atomic E-state index is 0.0613. The maximum atomic E-state index is 13.9. The molecule has 1 saturated heterocycles. The fourth-order valence-electron chi connectivity index (χ4n) is 5.85. The lowest BCUT2D eigenvalue weighted by Crippen LogP contribution is -2.41. The summed E-state index contributed by atoms with van der Waals surface area (Å²) in [7, 11) is 0. The molecule has 4 aliphatic heterocycles. The van der Waals surface area contributed by atoms with Crippen LogP contribution >= 0.6 is 0 Å². The van der Waals surface area contributed by atoms with E-state index in [9.17, 15) is 4.79 Å². The van der Waals surface area contributed by atoms with Crippen LogP contribution in [0.15, 0.2) is 101 Å². The zero-order valence-electron chi connectivity index (χ0n) is 23.3. The molecule has 0 radical (unpaired) electrons. The van der Waals surface area contributed by atoms with Crippen molar-refractivity contribution < 1.29 is 4.79 Å². The van der Waals surface area contributed by atoms with E-state index in [-0.39, 0.29) is 5.78 Å². The second-order valence-electron chi connectivity index (χ2n) is 11.6. The number of pyridine rings is 1. The number of hydrogen-bond donors (Lipinski definition) is 2. The average molecular weight is 540 g/mol. The van der Waals surface area contributed by atoms with E-state index < -0.39 is 16.5 Å². The Morgan fingerprint density at radius 2 is 1.63 bits per heavy atom. The van der Waals surface area contributed by atoms with Crippen molar-refractivity contribution in [3.63, 3.8) is 0 Å². The Morgan fingerprint density at radius 1 is 0.854 bits per heavy atom. The van der Waals surface area contributed by atoms with Crippen molar-refractivity contribution in [2.45, 2.75) is 38.8 Å². The van der Waals surface area contributed by atoms with E-state index in [0.717, 1.165) is 44.8 Å². The van der Waals surface area contributed by atoms with Crippen LogP contribution in [0.2, 0.25) is 0 Å². The summed E-state index contributed by atoms with van der Waals surface area (Å²) < 4.78 is 0. The Morgan fingerprint density at radius 3 is 2.44 bits per heavy atom. The molecule has 7 rings (SSSR count). The Hall–Kier alpha value is -4.98. The van der Waals surface area contributed by atoms with E-state index in [0.29, 0.717) is 11.5 Å². The van der Waals surface area contributed by atoms with Crippen molar-refractivity contribution in [3.05, 3.63) is 113 Å². The Labute approximate surface area is 237 Å².